The molecule has 2 atom stereocenters. The minimum absolute atomic E-state index is 0.00574. The number of rotatable bonds is 7. The van der Waals surface area contributed by atoms with Gasteiger partial charge in [0.1, 0.15) is 0 Å². The summed E-state index contributed by atoms with van der Waals surface area (Å²) in [4.78, 5) is 15.8. The molecule has 0 radical (unpaired) electrons. The molecule has 0 aromatic heterocycles. The van der Waals surface area contributed by atoms with Gasteiger partial charge in [-0.3, -0.25) is 9.69 Å². The van der Waals surface area contributed by atoms with E-state index in [1.165, 1.54) is 0 Å². The molecule has 3 N–H and O–H groups in total. The van der Waals surface area contributed by atoms with Crippen molar-refractivity contribution in [3.8, 4) is 0 Å². The smallest absolute Gasteiger partial charge is 0.372 e. The van der Waals surface area contributed by atoms with E-state index in [4.69, 9.17) is 5.73 Å². The summed E-state index contributed by atoms with van der Waals surface area (Å²) < 4.78 is 79.2. The first-order valence-corrected chi connectivity index (χ1v) is 12.4. The second-order valence-corrected chi connectivity index (χ2v) is 10.2. The molecular formula is C24H36F6N4O. The molecule has 1 aliphatic heterocycles. The number of carbonyl (C=O) groups excluding carboxylic acids is 1. The van der Waals surface area contributed by atoms with Crippen LogP contribution >= 0.6 is 0 Å². The van der Waals surface area contributed by atoms with Crippen LogP contribution in [-0.4, -0.2) is 72.9 Å². The van der Waals surface area contributed by atoms with Gasteiger partial charge in [0.05, 0.1) is 11.5 Å². The Hall–Kier alpha value is -1.75. The summed E-state index contributed by atoms with van der Waals surface area (Å²) in [5, 5.41) is 3.05. The summed E-state index contributed by atoms with van der Waals surface area (Å²) >= 11 is 0. The van der Waals surface area contributed by atoms with Gasteiger partial charge in [-0.05, 0) is 57.6 Å². The lowest BCUT2D eigenvalue weighted by molar-refractivity contribution is -0.163. The van der Waals surface area contributed by atoms with Crippen LogP contribution in [0.5, 0.6) is 0 Å². The molecule has 0 aromatic carbocycles. The second-order valence-electron chi connectivity index (χ2n) is 10.2. The first-order chi connectivity index (χ1) is 16.3. The van der Waals surface area contributed by atoms with Crippen LogP contribution in [0.2, 0.25) is 0 Å². The summed E-state index contributed by atoms with van der Waals surface area (Å²) in [6.45, 7) is 4.72. The Balaban J connectivity index is 1.42. The van der Waals surface area contributed by atoms with E-state index in [0.29, 0.717) is 44.6 Å². The summed E-state index contributed by atoms with van der Waals surface area (Å²) in [6, 6.07) is 0.0383. The van der Waals surface area contributed by atoms with Crippen LogP contribution in [0, 0.1) is 11.8 Å². The third kappa shape index (κ3) is 8.41. The summed E-state index contributed by atoms with van der Waals surface area (Å²) in [5.41, 5.74) is 4.57. The zero-order valence-corrected chi connectivity index (χ0v) is 20.1. The number of amides is 1. The van der Waals surface area contributed by atoms with E-state index < -0.39 is 30.3 Å². The third-order valence-electron chi connectivity index (χ3n) is 7.23. The van der Waals surface area contributed by atoms with Gasteiger partial charge in [-0.15, -0.1) is 0 Å². The van der Waals surface area contributed by atoms with Gasteiger partial charge in [0, 0.05) is 56.8 Å². The minimum atomic E-state index is -4.80. The van der Waals surface area contributed by atoms with Crippen LogP contribution in [0.15, 0.2) is 23.4 Å². The molecule has 2 aliphatic carbocycles. The molecule has 5 nitrogen and oxygen atoms in total. The normalized spacial score (nSPS) is 27.8. The van der Waals surface area contributed by atoms with Crippen molar-refractivity contribution in [1.82, 2.24) is 15.1 Å². The fraction of sp³-hybridized carbons (Fsp3) is 0.792. The maximum atomic E-state index is 13.2. The number of hydrogen-bond acceptors (Lipinski definition) is 4. The quantitative estimate of drug-likeness (QED) is 0.500. The van der Waals surface area contributed by atoms with E-state index in [-0.39, 0.29) is 23.7 Å². The molecule has 2 fully saturated rings. The SMILES string of the molecule is CC(N)CC(=O)NC1CCC(CCN2CCN(C3=CC(C(F)(F)F)=CC(C(F)(F)F)C3)CC2)CC1. The van der Waals surface area contributed by atoms with Crippen LogP contribution < -0.4 is 11.1 Å². The van der Waals surface area contributed by atoms with E-state index in [1.807, 2.05) is 0 Å². The molecule has 0 bridgehead atoms. The van der Waals surface area contributed by atoms with Gasteiger partial charge in [0.25, 0.3) is 0 Å². The fourth-order valence-electron chi connectivity index (χ4n) is 5.19. The van der Waals surface area contributed by atoms with Crippen molar-refractivity contribution in [2.45, 2.75) is 76.3 Å². The molecule has 2 unspecified atom stereocenters. The first-order valence-electron chi connectivity index (χ1n) is 12.4. The van der Waals surface area contributed by atoms with E-state index in [9.17, 15) is 31.1 Å². The average molecular weight is 511 g/mol. The first kappa shape index (κ1) is 27.8. The molecule has 0 spiro atoms. The van der Waals surface area contributed by atoms with Gasteiger partial charge in [-0.1, -0.05) is 6.08 Å². The van der Waals surface area contributed by atoms with Crippen molar-refractivity contribution in [3.63, 3.8) is 0 Å². The van der Waals surface area contributed by atoms with Gasteiger partial charge in [0.2, 0.25) is 5.91 Å². The highest BCUT2D eigenvalue weighted by atomic mass is 19.4. The van der Waals surface area contributed by atoms with Crippen molar-refractivity contribution < 1.29 is 31.1 Å². The average Bonchev–Trinajstić information content (AvgIpc) is 2.77. The Kier molecular flexibility index (Phi) is 9.17. The maximum absolute atomic E-state index is 13.2. The molecule has 1 saturated carbocycles. The molecule has 3 rings (SSSR count). The summed E-state index contributed by atoms with van der Waals surface area (Å²) in [6.07, 6.45) is -3.52. The van der Waals surface area contributed by atoms with Gasteiger partial charge in [0.15, 0.2) is 0 Å². The lowest BCUT2D eigenvalue weighted by atomic mass is 9.84. The van der Waals surface area contributed by atoms with Gasteiger partial charge >= 0.3 is 12.4 Å². The van der Waals surface area contributed by atoms with Crippen molar-refractivity contribution in [2.24, 2.45) is 17.6 Å². The molecule has 3 aliphatic rings. The highest BCUT2D eigenvalue weighted by Crippen LogP contribution is 2.41. The summed E-state index contributed by atoms with van der Waals surface area (Å²) in [5.74, 6) is -1.56. The molecule has 200 valence electrons. The lowest BCUT2D eigenvalue weighted by Gasteiger charge is -2.40. The molecule has 1 saturated heterocycles. The lowest BCUT2D eigenvalue weighted by Crippen LogP contribution is -2.47. The Morgan fingerprint density at radius 2 is 1.71 bits per heavy atom. The van der Waals surface area contributed by atoms with Crippen molar-refractivity contribution in [1.29, 1.82) is 0 Å². The van der Waals surface area contributed by atoms with Crippen LogP contribution in [-0.2, 0) is 4.79 Å². The van der Waals surface area contributed by atoms with Crippen molar-refractivity contribution >= 4 is 5.91 Å². The van der Waals surface area contributed by atoms with Gasteiger partial charge < -0.3 is 16.0 Å². The molecule has 11 heteroatoms. The summed E-state index contributed by atoms with van der Waals surface area (Å²) in [7, 11) is 0. The van der Waals surface area contributed by atoms with E-state index >= 15 is 0 Å². The fourth-order valence-corrected chi connectivity index (χ4v) is 5.19. The van der Waals surface area contributed by atoms with Crippen LogP contribution in [0.1, 0.15) is 51.9 Å². The Morgan fingerprint density at radius 1 is 1.09 bits per heavy atom. The number of piperazine rings is 1. The number of alkyl halides is 6. The molecule has 0 aromatic rings. The van der Waals surface area contributed by atoms with Gasteiger partial charge in [-0.25, -0.2) is 0 Å². The third-order valence-corrected chi connectivity index (χ3v) is 7.23. The zero-order chi connectivity index (χ0) is 25.8. The largest absolute Gasteiger partial charge is 0.416 e. The zero-order valence-electron chi connectivity index (χ0n) is 20.1. The van der Waals surface area contributed by atoms with Crippen LogP contribution in [0.25, 0.3) is 0 Å². The molecular weight excluding hydrogens is 474 g/mol. The topological polar surface area (TPSA) is 61.6 Å². The Labute approximate surface area is 202 Å². The number of carbonyl (C=O) groups is 1. The number of nitrogens with zero attached hydrogens (tertiary/aromatic N) is 2. The number of halogens is 6. The molecule has 1 heterocycles. The molecule has 1 amide bonds. The van der Waals surface area contributed by atoms with E-state index in [2.05, 4.69) is 10.2 Å². The highest BCUT2D eigenvalue weighted by molar-refractivity contribution is 5.76. The van der Waals surface area contributed by atoms with Crippen LogP contribution in [0.4, 0.5) is 26.3 Å². The van der Waals surface area contributed by atoms with Crippen molar-refractivity contribution in [3.05, 3.63) is 23.4 Å². The highest BCUT2D eigenvalue weighted by Gasteiger charge is 2.45. The minimum Gasteiger partial charge on any atom is -0.372 e. The van der Waals surface area contributed by atoms with E-state index in [0.717, 1.165) is 44.7 Å². The predicted molar refractivity (Wildman–Crippen MR) is 121 cm³/mol. The van der Waals surface area contributed by atoms with Crippen molar-refractivity contribution in [2.75, 3.05) is 32.7 Å². The standard InChI is InChI=1S/C24H36F6N4O/c1-16(31)12-22(35)32-20-4-2-17(3-5-20)6-7-33-8-10-34(11-9-33)21-14-18(23(25,26)27)13-19(15-21)24(28,29)30/h13-14,16-17,19-20H,2-12,15,31H2,1H3,(H,32,35). The predicted octanol–water partition coefficient (Wildman–Crippen LogP) is 4.36. The number of nitrogens with one attached hydrogen (secondary N) is 1. The van der Waals surface area contributed by atoms with Crippen LogP contribution in [0.3, 0.4) is 0 Å². The van der Waals surface area contributed by atoms with E-state index in [1.54, 1.807) is 11.8 Å². The Morgan fingerprint density at radius 3 is 2.26 bits per heavy atom. The second kappa shape index (κ2) is 11.5. The monoisotopic (exact) mass is 510 g/mol. The van der Waals surface area contributed by atoms with Gasteiger partial charge in [-0.2, -0.15) is 26.3 Å². The maximum Gasteiger partial charge on any atom is 0.416 e. The number of nitrogens with two attached hydrogens (primary N) is 1. The Bertz CT molecular complexity index is 776. The molecule has 35 heavy (non-hydrogen) atoms. The number of allylic oxidation sites excluding steroid dienone is 4. The number of hydrogen-bond donors (Lipinski definition) is 2.